The van der Waals surface area contributed by atoms with Crippen LogP contribution in [0.1, 0.15) is 11.0 Å². The minimum absolute atomic E-state index is 0.331. The number of carboxylic acid groups (broad SMARTS) is 1. The molecule has 0 saturated carbocycles. The number of phenols is 1. The third kappa shape index (κ3) is 2.29. The van der Waals surface area contributed by atoms with Crippen molar-refractivity contribution in [1.82, 2.24) is 0 Å². The molecule has 0 atom stereocenters. The zero-order valence-corrected chi connectivity index (χ0v) is 5.46. The first-order valence-corrected chi connectivity index (χ1v) is 2.81. The Balaban J connectivity index is 3.34. The van der Waals surface area contributed by atoms with Gasteiger partial charge in [-0.2, -0.15) is 0 Å². The van der Waals surface area contributed by atoms with Crippen LogP contribution in [-0.2, 0) is 11.2 Å². The lowest BCUT2D eigenvalue weighted by molar-refractivity contribution is -0.136. The molecule has 0 fully saturated rings. The summed E-state index contributed by atoms with van der Waals surface area (Å²) in [6.07, 6.45) is -2.67. The average molecular weight is 156 g/mol. The fourth-order valence-corrected chi connectivity index (χ4v) is 0.571. The molecule has 3 nitrogen and oxygen atoms in total. The topological polar surface area (TPSA) is 57.5 Å². The van der Waals surface area contributed by atoms with Gasteiger partial charge in [-0.1, -0.05) is 12.1 Å². The lowest BCUT2D eigenvalue weighted by atomic mass is 10.1. The highest BCUT2D eigenvalue weighted by atomic mass is 16.4. The van der Waals surface area contributed by atoms with Gasteiger partial charge in [-0.25, -0.2) is 0 Å². The highest BCUT2D eigenvalue weighted by Crippen LogP contribution is 2.09. The molecule has 1 aromatic rings. The van der Waals surface area contributed by atoms with E-state index in [1.807, 2.05) is 0 Å². The van der Waals surface area contributed by atoms with Crippen LogP contribution in [0, 0.1) is 0 Å². The minimum atomic E-state index is -2.67. The van der Waals surface area contributed by atoms with Crippen LogP contribution in [0.25, 0.3) is 0 Å². The Labute approximate surface area is 69.5 Å². The van der Waals surface area contributed by atoms with Crippen molar-refractivity contribution in [1.29, 1.82) is 0 Å². The fraction of sp³-hybridized carbons (Fsp3) is 0.125. The molecule has 58 valence electrons. The first kappa shape index (κ1) is 3.76. The van der Waals surface area contributed by atoms with Gasteiger partial charge in [0.25, 0.3) is 0 Å². The average Bonchev–Trinajstić information content (AvgIpc) is 2.13. The van der Waals surface area contributed by atoms with Gasteiger partial charge in [-0.05, 0) is 17.6 Å². The third-order valence-electron chi connectivity index (χ3n) is 0.980. The third-order valence-corrected chi connectivity index (χ3v) is 0.980. The largest absolute Gasteiger partial charge is 0.508 e. The van der Waals surface area contributed by atoms with Crippen molar-refractivity contribution in [3.05, 3.63) is 29.8 Å². The first-order chi connectivity index (χ1) is 6.76. The summed E-state index contributed by atoms with van der Waals surface area (Å²) in [5.41, 5.74) is -0.331. The van der Waals surface area contributed by atoms with Crippen molar-refractivity contribution in [2.75, 3.05) is 0 Å². The van der Waals surface area contributed by atoms with Crippen LogP contribution < -0.4 is 0 Å². The second-order valence-corrected chi connectivity index (χ2v) is 1.81. The molecule has 0 saturated heterocycles. The zero-order valence-electron chi connectivity index (χ0n) is 9.46. The van der Waals surface area contributed by atoms with Gasteiger partial charge < -0.3 is 10.2 Å². The molecular weight excluding hydrogens is 144 g/mol. The minimum Gasteiger partial charge on any atom is -0.508 e. The molecule has 0 amide bonds. The molecule has 1 rings (SSSR count). The SMILES string of the molecule is [2H]c1cc(C([2H])([2H])C(=O)O)cc([2H])c1O. The maximum Gasteiger partial charge on any atom is 0.307 e. The standard InChI is InChI=1S/C8H8O3/c9-7-3-1-6(2-4-7)5-8(10)11/h1-4,9H,5H2,(H,10,11)/i3D,4D,5D2. The van der Waals surface area contributed by atoms with Gasteiger partial charge in [0.05, 0.1) is 9.11 Å². The number of aromatic hydroxyl groups is 1. The van der Waals surface area contributed by atoms with Gasteiger partial charge in [0.2, 0.25) is 0 Å². The van der Waals surface area contributed by atoms with E-state index in [9.17, 15) is 4.79 Å². The van der Waals surface area contributed by atoms with Crippen molar-refractivity contribution in [3.63, 3.8) is 0 Å². The lowest BCUT2D eigenvalue weighted by Gasteiger charge is -1.95. The van der Waals surface area contributed by atoms with E-state index in [1.54, 1.807) is 0 Å². The van der Waals surface area contributed by atoms with Crippen LogP contribution in [0.15, 0.2) is 24.2 Å². The molecule has 11 heavy (non-hydrogen) atoms. The van der Waals surface area contributed by atoms with Gasteiger partial charge in [-0.3, -0.25) is 4.79 Å². The van der Waals surface area contributed by atoms with E-state index in [4.69, 9.17) is 15.7 Å². The molecule has 0 aliphatic heterocycles. The molecule has 0 aliphatic carbocycles. The van der Waals surface area contributed by atoms with Crippen LogP contribution in [0.4, 0.5) is 0 Å². The summed E-state index contributed by atoms with van der Waals surface area (Å²) in [7, 11) is 0. The molecule has 0 spiro atoms. The van der Waals surface area contributed by atoms with Crippen LogP contribution in [0.3, 0.4) is 0 Å². The van der Waals surface area contributed by atoms with Crippen LogP contribution in [0.5, 0.6) is 5.75 Å². The maximum atomic E-state index is 10.6. The Bertz CT molecular complexity index is 393. The summed E-state index contributed by atoms with van der Waals surface area (Å²) >= 11 is 0. The summed E-state index contributed by atoms with van der Waals surface area (Å²) in [6, 6.07) is 0.841. The number of aliphatic carboxylic acids is 1. The Morgan fingerprint density at radius 1 is 1.64 bits per heavy atom. The molecule has 2 N–H and O–H groups in total. The number of hydrogen-bond acceptors (Lipinski definition) is 2. The highest BCUT2D eigenvalue weighted by molar-refractivity contribution is 5.70. The lowest BCUT2D eigenvalue weighted by Crippen LogP contribution is -1.98. The molecule has 0 heterocycles. The normalized spacial score (nSPS) is 16.0. The maximum absolute atomic E-state index is 10.6. The zero-order chi connectivity index (χ0) is 11.8. The smallest absolute Gasteiger partial charge is 0.307 e. The number of carboxylic acids is 1. The Kier molecular flexibility index (Phi) is 1.04. The molecule has 0 aliphatic rings. The van der Waals surface area contributed by atoms with Crippen molar-refractivity contribution in [2.45, 2.75) is 6.37 Å². The van der Waals surface area contributed by atoms with Gasteiger partial charge >= 0.3 is 5.97 Å². The van der Waals surface area contributed by atoms with E-state index in [2.05, 4.69) is 0 Å². The van der Waals surface area contributed by atoms with Crippen LogP contribution >= 0.6 is 0 Å². The second kappa shape index (κ2) is 3.05. The molecule has 0 unspecified atom stereocenters. The van der Waals surface area contributed by atoms with E-state index in [0.29, 0.717) is 0 Å². The van der Waals surface area contributed by atoms with E-state index < -0.39 is 30.2 Å². The van der Waals surface area contributed by atoms with Gasteiger partial charge in [-0.15, -0.1) is 0 Å². The number of hydrogen-bond donors (Lipinski definition) is 2. The van der Waals surface area contributed by atoms with Crippen LogP contribution in [0.2, 0.25) is 0 Å². The summed E-state index contributed by atoms with van der Waals surface area (Å²) in [5.74, 6) is -2.30. The van der Waals surface area contributed by atoms with Crippen molar-refractivity contribution in [2.24, 2.45) is 0 Å². The molecular formula is C8H8O3. The summed E-state index contributed by atoms with van der Waals surface area (Å²) in [6.45, 7) is 0. The van der Waals surface area contributed by atoms with Crippen molar-refractivity contribution >= 4 is 5.97 Å². The number of phenolic OH excluding ortho intramolecular Hbond substituents is 1. The van der Waals surface area contributed by atoms with Gasteiger partial charge in [0.15, 0.2) is 0 Å². The monoisotopic (exact) mass is 156 g/mol. The Hall–Kier alpha value is -1.51. The van der Waals surface area contributed by atoms with Crippen LogP contribution in [-0.4, -0.2) is 16.2 Å². The Morgan fingerprint density at radius 3 is 2.64 bits per heavy atom. The van der Waals surface area contributed by atoms with Crippen molar-refractivity contribution in [3.8, 4) is 5.75 Å². The summed E-state index contributed by atoms with van der Waals surface area (Å²) in [4.78, 5) is 10.6. The predicted molar refractivity (Wildman–Crippen MR) is 39.4 cm³/mol. The molecule has 0 bridgehead atoms. The summed E-state index contributed by atoms with van der Waals surface area (Å²) < 4.78 is 28.8. The van der Waals surface area contributed by atoms with E-state index >= 15 is 0 Å². The van der Waals surface area contributed by atoms with Crippen molar-refractivity contribution < 1.29 is 20.5 Å². The van der Waals surface area contributed by atoms with E-state index in [1.165, 1.54) is 0 Å². The van der Waals surface area contributed by atoms with E-state index in [-0.39, 0.29) is 5.56 Å². The molecule has 1 aromatic carbocycles. The quantitative estimate of drug-likeness (QED) is 0.672. The van der Waals surface area contributed by atoms with E-state index in [0.717, 1.165) is 12.1 Å². The molecule has 0 radical (unpaired) electrons. The number of carbonyl (C=O) groups is 1. The fourth-order valence-electron chi connectivity index (χ4n) is 0.571. The number of rotatable bonds is 2. The van der Waals surface area contributed by atoms with Gasteiger partial charge in [0, 0.05) is 2.74 Å². The molecule has 3 heteroatoms. The number of benzene rings is 1. The summed E-state index contributed by atoms with van der Waals surface area (Å²) in [5, 5.41) is 17.7. The second-order valence-electron chi connectivity index (χ2n) is 1.81. The predicted octanol–water partition coefficient (Wildman–Crippen LogP) is 1.02. The Morgan fingerprint density at radius 2 is 2.18 bits per heavy atom. The molecule has 0 aromatic heterocycles. The highest BCUT2D eigenvalue weighted by Gasteiger charge is 1.98. The van der Waals surface area contributed by atoms with Gasteiger partial charge in [0.1, 0.15) is 5.75 Å². The first-order valence-electron chi connectivity index (χ1n) is 4.81.